The predicted octanol–water partition coefficient (Wildman–Crippen LogP) is 8.49. The number of allylic oxidation sites excluding steroid dienone is 8. The molecule has 0 aromatic rings. The summed E-state index contributed by atoms with van der Waals surface area (Å²) in [6, 6.07) is -0.901. The molecule has 1 amide bonds. The van der Waals surface area contributed by atoms with Crippen LogP contribution in [0.5, 0.6) is 0 Å². The number of phosphoric acid groups is 1. The van der Waals surface area contributed by atoms with Gasteiger partial charge in [-0.25, -0.2) is 4.57 Å². The van der Waals surface area contributed by atoms with E-state index in [2.05, 4.69) is 49.5 Å². The number of quaternary nitrogens is 1. The quantitative estimate of drug-likeness (QED) is 0.0181. The SMILES string of the molecule is CC/C=C/C/C=C/C=C/C(O)CCCCCCCC(=O)N[C@@H](COP(=O)(O)OCC[N+](C)(C)C)[C@H](O)/C=C/CC/C=C\CCCCCCC. The summed E-state index contributed by atoms with van der Waals surface area (Å²) in [6.45, 7) is 4.51. The van der Waals surface area contributed by atoms with Gasteiger partial charge in [0.05, 0.1) is 46.0 Å². The van der Waals surface area contributed by atoms with Crippen molar-refractivity contribution in [2.45, 2.75) is 141 Å². The van der Waals surface area contributed by atoms with Gasteiger partial charge >= 0.3 is 7.82 Å². The van der Waals surface area contributed by atoms with E-state index in [4.69, 9.17) is 9.05 Å². The average molecular weight is 712 g/mol. The molecule has 0 aliphatic carbocycles. The van der Waals surface area contributed by atoms with E-state index < -0.39 is 26.1 Å². The Hall–Kier alpha value is -1.84. The van der Waals surface area contributed by atoms with E-state index in [9.17, 15) is 24.5 Å². The Morgan fingerprint density at radius 1 is 0.776 bits per heavy atom. The number of amides is 1. The van der Waals surface area contributed by atoms with Gasteiger partial charge in [0.15, 0.2) is 0 Å². The number of phosphoric ester groups is 1. The first-order valence-electron chi connectivity index (χ1n) is 18.8. The molecular formula is C39H72N2O7P+. The van der Waals surface area contributed by atoms with Crippen LogP contribution in [0.4, 0.5) is 0 Å². The zero-order valence-corrected chi connectivity index (χ0v) is 32.4. The van der Waals surface area contributed by atoms with Crippen LogP contribution < -0.4 is 5.32 Å². The van der Waals surface area contributed by atoms with Crippen LogP contribution in [0, 0.1) is 0 Å². The number of nitrogens with one attached hydrogen (secondary N) is 1. The van der Waals surface area contributed by atoms with Crippen LogP contribution in [0.1, 0.15) is 123 Å². The summed E-state index contributed by atoms with van der Waals surface area (Å²) in [7, 11) is 1.48. The molecule has 0 rings (SSSR count). The molecule has 0 heterocycles. The topological polar surface area (TPSA) is 125 Å². The summed E-state index contributed by atoms with van der Waals surface area (Å²) in [5, 5.41) is 23.8. The largest absolute Gasteiger partial charge is 0.472 e. The maximum absolute atomic E-state index is 12.8. The Morgan fingerprint density at radius 2 is 1.45 bits per heavy atom. The second-order valence-electron chi connectivity index (χ2n) is 13.8. The van der Waals surface area contributed by atoms with Crippen molar-refractivity contribution in [3.63, 3.8) is 0 Å². The molecule has 0 aromatic carbocycles. The number of carbonyl (C=O) groups is 1. The van der Waals surface area contributed by atoms with Crippen LogP contribution in [-0.2, 0) is 18.4 Å². The third kappa shape index (κ3) is 33.1. The number of nitrogens with zero attached hydrogens (tertiary/aromatic N) is 1. The lowest BCUT2D eigenvalue weighted by Crippen LogP contribution is -2.45. The molecule has 0 radical (unpaired) electrons. The molecule has 0 bridgehead atoms. The molecule has 0 aromatic heterocycles. The summed E-state index contributed by atoms with van der Waals surface area (Å²) < 4.78 is 23.4. The van der Waals surface area contributed by atoms with Crippen LogP contribution in [0.3, 0.4) is 0 Å². The molecule has 2 unspecified atom stereocenters. The van der Waals surface area contributed by atoms with Crippen LogP contribution in [0.15, 0.2) is 60.8 Å². The molecule has 49 heavy (non-hydrogen) atoms. The lowest BCUT2D eigenvalue weighted by Gasteiger charge is -2.25. The molecular weight excluding hydrogens is 639 g/mol. The van der Waals surface area contributed by atoms with E-state index in [1.807, 2.05) is 45.4 Å². The Balaban J connectivity index is 4.69. The fraction of sp³-hybridized carbons (Fsp3) is 0.718. The molecule has 0 saturated carbocycles. The highest BCUT2D eigenvalue weighted by molar-refractivity contribution is 7.47. The van der Waals surface area contributed by atoms with Crippen molar-refractivity contribution in [2.24, 2.45) is 0 Å². The predicted molar refractivity (Wildman–Crippen MR) is 204 cm³/mol. The monoisotopic (exact) mass is 712 g/mol. The van der Waals surface area contributed by atoms with Gasteiger partial charge in [-0.15, -0.1) is 0 Å². The third-order valence-electron chi connectivity index (χ3n) is 7.83. The second-order valence-corrected chi connectivity index (χ2v) is 15.2. The molecule has 0 saturated heterocycles. The highest BCUT2D eigenvalue weighted by atomic mass is 31.2. The minimum absolute atomic E-state index is 0.0349. The molecule has 0 fully saturated rings. The zero-order valence-electron chi connectivity index (χ0n) is 31.5. The summed E-state index contributed by atoms with van der Waals surface area (Å²) in [5.41, 5.74) is 0. The van der Waals surface area contributed by atoms with Gasteiger partial charge in [-0.05, 0) is 51.4 Å². The number of hydrogen-bond donors (Lipinski definition) is 4. The number of aliphatic hydroxyl groups excluding tert-OH is 2. The maximum atomic E-state index is 12.8. The van der Waals surface area contributed by atoms with Crippen molar-refractivity contribution in [1.82, 2.24) is 5.32 Å². The maximum Gasteiger partial charge on any atom is 0.472 e. The van der Waals surface area contributed by atoms with Crippen LogP contribution in [0.2, 0.25) is 0 Å². The molecule has 284 valence electrons. The lowest BCUT2D eigenvalue weighted by molar-refractivity contribution is -0.870. The van der Waals surface area contributed by atoms with E-state index >= 15 is 0 Å². The summed E-state index contributed by atoms with van der Waals surface area (Å²) >= 11 is 0. The molecule has 10 heteroatoms. The van der Waals surface area contributed by atoms with Gasteiger partial charge in [0, 0.05) is 6.42 Å². The fourth-order valence-electron chi connectivity index (χ4n) is 4.77. The van der Waals surface area contributed by atoms with E-state index in [1.54, 1.807) is 6.08 Å². The van der Waals surface area contributed by atoms with Crippen molar-refractivity contribution in [3.05, 3.63) is 60.8 Å². The highest BCUT2D eigenvalue weighted by Gasteiger charge is 2.27. The van der Waals surface area contributed by atoms with Crippen molar-refractivity contribution in [1.29, 1.82) is 0 Å². The Bertz CT molecular complexity index is 1000. The minimum Gasteiger partial charge on any atom is -0.389 e. The standard InChI is InChI=1S/C39H71N2O7P/c1-6-8-10-12-14-15-16-17-19-23-27-31-38(43)37(35-48-49(45,46)47-34-33-41(3,4)5)40-39(44)32-28-24-20-22-26-30-36(42)29-25-21-18-13-11-9-7-2/h9,11,16-18,21,25,27,29,31,36-38,42-43H,6-8,10,12-15,19-20,22-24,26,28,30,32-35H2,1-5H3,(H-,40,44,45,46)/p+1/b11-9+,17-16-,21-18+,29-25+,31-27+/t36?,37-,38+/m0/s1. The first-order valence-corrected chi connectivity index (χ1v) is 20.3. The summed E-state index contributed by atoms with van der Waals surface area (Å²) in [5.74, 6) is -0.250. The van der Waals surface area contributed by atoms with E-state index in [1.165, 1.54) is 32.1 Å². The Kier molecular flexibility index (Phi) is 29.8. The average Bonchev–Trinajstić information content (AvgIpc) is 3.03. The molecule has 0 spiro atoms. The van der Waals surface area contributed by atoms with Gasteiger partial charge in [-0.2, -0.15) is 0 Å². The van der Waals surface area contributed by atoms with E-state index in [-0.39, 0.29) is 25.5 Å². The first kappa shape index (κ1) is 47.2. The highest BCUT2D eigenvalue weighted by Crippen LogP contribution is 2.43. The number of likely N-dealkylation sites (N-methyl/N-ethyl adjacent to an activating group) is 1. The molecule has 0 aliphatic heterocycles. The minimum atomic E-state index is -4.36. The van der Waals surface area contributed by atoms with Crippen LogP contribution in [0.25, 0.3) is 0 Å². The second kappa shape index (κ2) is 30.9. The van der Waals surface area contributed by atoms with Crippen molar-refractivity contribution < 1.29 is 38.0 Å². The number of hydrogen-bond acceptors (Lipinski definition) is 6. The van der Waals surface area contributed by atoms with Gasteiger partial charge in [-0.3, -0.25) is 13.8 Å². The number of unbranched alkanes of at least 4 members (excludes halogenated alkanes) is 10. The molecule has 4 N–H and O–H groups in total. The molecule has 9 nitrogen and oxygen atoms in total. The van der Waals surface area contributed by atoms with Gasteiger partial charge in [-0.1, -0.05) is 126 Å². The third-order valence-corrected chi connectivity index (χ3v) is 8.81. The first-order chi connectivity index (χ1) is 23.4. The van der Waals surface area contributed by atoms with Gasteiger partial charge in [0.25, 0.3) is 0 Å². The fourth-order valence-corrected chi connectivity index (χ4v) is 5.50. The Labute approximate surface area is 299 Å². The zero-order chi connectivity index (χ0) is 36.6. The number of carbonyl (C=O) groups excluding carboxylic acids is 1. The van der Waals surface area contributed by atoms with Gasteiger partial charge in [0.2, 0.25) is 5.91 Å². The van der Waals surface area contributed by atoms with Crippen LogP contribution in [-0.4, -0.2) is 84.6 Å². The summed E-state index contributed by atoms with van der Waals surface area (Å²) in [4.78, 5) is 23.0. The van der Waals surface area contributed by atoms with Crippen LogP contribution >= 0.6 is 7.82 Å². The summed E-state index contributed by atoms with van der Waals surface area (Å²) in [6.07, 6.45) is 34.5. The lowest BCUT2D eigenvalue weighted by atomic mass is 10.1. The number of rotatable bonds is 32. The normalized spacial score (nSPS) is 16.0. The Morgan fingerprint density at radius 3 is 2.18 bits per heavy atom. The van der Waals surface area contributed by atoms with Gasteiger partial charge < -0.3 is 24.9 Å². The smallest absolute Gasteiger partial charge is 0.389 e. The molecule has 0 aliphatic rings. The van der Waals surface area contributed by atoms with E-state index in [0.717, 1.165) is 57.8 Å². The van der Waals surface area contributed by atoms with Crippen molar-refractivity contribution >= 4 is 13.7 Å². The number of aliphatic hydroxyl groups is 2. The van der Waals surface area contributed by atoms with Gasteiger partial charge in [0.1, 0.15) is 13.2 Å². The molecule has 4 atom stereocenters. The van der Waals surface area contributed by atoms with Crippen molar-refractivity contribution in [3.8, 4) is 0 Å². The van der Waals surface area contributed by atoms with E-state index in [0.29, 0.717) is 23.9 Å². The van der Waals surface area contributed by atoms with Crippen molar-refractivity contribution in [2.75, 3.05) is 40.9 Å².